The second kappa shape index (κ2) is 4.20. The monoisotopic (exact) mass is 213 g/mol. The summed E-state index contributed by atoms with van der Waals surface area (Å²) in [7, 11) is 0. The lowest BCUT2D eigenvalue weighted by atomic mass is 9.81. The van der Waals surface area contributed by atoms with E-state index in [4.69, 9.17) is 17.3 Å². The number of aromatic hydroxyl groups is 1. The highest BCUT2D eigenvalue weighted by Gasteiger charge is 2.22. The first-order valence-electron chi connectivity index (χ1n) is 4.66. The number of phenols is 1. The van der Waals surface area contributed by atoms with E-state index < -0.39 is 0 Å². The highest BCUT2D eigenvalue weighted by atomic mass is 35.5. The van der Waals surface area contributed by atoms with Crippen LogP contribution in [0.5, 0.6) is 5.75 Å². The Morgan fingerprint density at radius 2 is 2.07 bits per heavy atom. The standard InChI is InChI=1S/C11H16ClNO/c1-11(2,5-6-13)9-4-3-8(14)7-10(9)12/h3-4,7,14H,5-6,13H2,1-2H3. The van der Waals surface area contributed by atoms with Gasteiger partial charge in [0.15, 0.2) is 0 Å². The van der Waals surface area contributed by atoms with E-state index in [1.54, 1.807) is 12.1 Å². The summed E-state index contributed by atoms with van der Waals surface area (Å²) in [6.07, 6.45) is 0.873. The maximum absolute atomic E-state index is 9.22. The number of rotatable bonds is 3. The Hall–Kier alpha value is -0.730. The molecule has 78 valence electrons. The van der Waals surface area contributed by atoms with E-state index in [2.05, 4.69) is 13.8 Å². The van der Waals surface area contributed by atoms with Gasteiger partial charge in [-0.25, -0.2) is 0 Å². The van der Waals surface area contributed by atoms with Gasteiger partial charge in [0.05, 0.1) is 0 Å². The van der Waals surface area contributed by atoms with Gasteiger partial charge in [0.2, 0.25) is 0 Å². The highest BCUT2D eigenvalue weighted by molar-refractivity contribution is 6.31. The number of hydrogen-bond donors (Lipinski definition) is 2. The van der Waals surface area contributed by atoms with Crippen LogP contribution in [0, 0.1) is 0 Å². The summed E-state index contributed by atoms with van der Waals surface area (Å²) in [5, 5.41) is 9.82. The molecular weight excluding hydrogens is 198 g/mol. The van der Waals surface area contributed by atoms with Crippen molar-refractivity contribution in [1.29, 1.82) is 0 Å². The minimum Gasteiger partial charge on any atom is -0.508 e. The van der Waals surface area contributed by atoms with E-state index in [0.717, 1.165) is 12.0 Å². The second-order valence-electron chi connectivity index (χ2n) is 4.09. The summed E-state index contributed by atoms with van der Waals surface area (Å²) >= 11 is 6.05. The lowest BCUT2D eigenvalue weighted by Gasteiger charge is -2.25. The summed E-state index contributed by atoms with van der Waals surface area (Å²) in [6.45, 7) is 4.82. The molecule has 14 heavy (non-hydrogen) atoms. The predicted octanol–water partition coefficient (Wildman–Crippen LogP) is 2.67. The quantitative estimate of drug-likeness (QED) is 0.811. The number of phenolic OH excluding ortho intramolecular Hbond substituents is 1. The van der Waals surface area contributed by atoms with Gasteiger partial charge < -0.3 is 10.8 Å². The van der Waals surface area contributed by atoms with Gasteiger partial charge in [-0.2, -0.15) is 0 Å². The Kier molecular flexibility index (Phi) is 3.40. The van der Waals surface area contributed by atoms with Crippen LogP contribution in [0.4, 0.5) is 0 Å². The predicted molar refractivity (Wildman–Crippen MR) is 59.8 cm³/mol. The van der Waals surface area contributed by atoms with Crippen LogP contribution >= 0.6 is 11.6 Å². The maximum Gasteiger partial charge on any atom is 0.117 e. The summed E-state index contributed by atoms with van der Waals surface area (Å²) in [4.78, 5) is 0. The van der Waals surface area contributed by atoms with Gasteiger partial charge in [-0.3, -0.25) is 0 Å². The average molecular weight is 214 g/mol. The molecule has 0 atom stereocenters. The lowest BCUT2D eigenvalue weighted by Crippen LogP contribution is -2.22. The first kappa shape index (κ1) is 11.3. The van der Waals surface area contributed by atoms with Crippen molar-refractivity contribution in [3.05, 3.63) is 28.8 Å². The van der Waals surface area contributed by atoms with Crippen molar-refractivity contribution in [2.45, 2.75) is 25.7 Å². The molecule has 0 spiro atoms. The van der Waals surface area contributed by atoms with Crippen molar-refractivity contribution < 1.29 is 5.11 Å². The van der Waals surface area contributed by atoms with Gasteiger partial charge in [-0.1, -0.05) is 31.5 Å². The Bertz CT molecular complexity index is 323. The minimum absolute atomic E-state index is 0.0421. The molecule has 0 radical (unpaired) electrons. The molecule has 0 aromatic heterocycles. The molecule has 0 unspecified atom stereocenters. The summed E-state index contributed by atoms with van der Waals surface area (Å²) in [5.41, 5.74) is 6.53. The van der Waals surface area contributed by atoms with E-state index in [9.17, 15) is 5.11 Å². The van der Waals surface area contributed by atoms with Gasteiger partial charge >= 0.3 is 0 Å². The number of benzene rings is 1. The van der Waals surface area contributed by atoms with Gasteiger partial charge in [0.25, 0.3) is 0 Å². The molecular formula is C11H16ClNO. The van der Waals surface area contributed by atoms with Crippen molar-refractivity contribution in [2.24, 2.45) is 5.73 Å². The molecule has 1 aromatic carbocycles. The molecule has 0 saturated heterocycles. The van der Waals surface area contributed by atoms with E-state index >= 15 is 0 Å². The molecule has 0 heterocycles. The van der Waals surface area contributed by atoms with E-state index in [1.165, 1.54) is 0 Å². The van der Waals surface area contributed by atoms with Crippen LogP contribution in [0.25, 0.3) is 0 Å². The normalized spacial score (nSPS) is 11.7. The van der Waals surface area contributed by atoms with Gasteiger partial charge in [-0.15, -0.1) is 0 Å². The molecule has 0 aliphatic rings. The molecule has 0 amide bonds. The number of halogens is 1. The van der Waals surface area contributed by atoms with Crippen LogP contribution in [0.15, 0.2) is 18.2 Å². The first-order valence-corrected chi connectivity index (χ1v) is 5.04. The third kappa shape index (κ3) is 2.40. The Labute approximate surface area is 89.7 Å². The number of hydrogen-bond acceptors (Lipinski definition) is 2. The molecule has 0 aliphatic carbocycles. The molecule has 0 saturated carbocycles. The molecule has 0 aliphatic heterocycles. The summed E-state index contributed by atoms with van der Waals surface area (Å²) in [5.74, 6) is 0.197. The summed E-state index contributed by atoms with van der Waals surface area (Å²) in [6, 6.07) is 5.07. The van der Waals surface area contributed by atoms with Crippen LogP contribution in [-0.2, 0) is 5.41 Å². The molecule has 1 aromatic rings. The van der Waals surface area contributed by atoms with Crippen LogP contribution in [0.2, 0.25) is 5.02 Å². The van der Waals surface area contributed by atoms with E-state index in [1.807, 2.05) is 6.07 Å². The fraction of sp³-hybridized carbons (Fsp3) is 0.455. The minimum atomic E-state index is -0.0421. The molecule has 0 fully saturated rings. The first-order chi connectivity index (χ1) is 6.47. The average Bonchev–Trinajstić information content (AvgIpc) is 2.02. The summed E-state index contributed by atoms with van der Waals surface area (Å²) < 4.78 is 0. The maximum atomic E-state index is 9.22. The Morgan fingerprint density at radius 3 is 2.57 bits per heavy atom. The second-order valence-corrected chi connectivity index (χ2v) is 4.49. The highest BCUT2D eigenvalue weighted by Crippen LogP contribution is 2.34. The Morgan fingerprint density at radius 1 is 1.43 bits per heavy atom. The fourth-order valence-corrected chi connectivity index (χ4v) is 1.98. The fourth-order valence-electron chi connectivity index (χ4n) is 1.55. The van der Waals surface area contributed by atoms with Crippen molar-refractivity contribution in [2.75, 3.05) is 6.54 Å². The zero-order valence-electron chi connectivity index (χ0n) is 8.55. The van der Waals surface area contributed by atoms with E-state index in [0.29, 0.717) is 11.6 Å². The molecule has 0 bridgehead atoms. The van der Waals surface area contributed by atoms with Crippen molar-refractivity contribution in [1.82, 2.24) is 0 Å². The SMILES string of the molecule is CC(C)(CCN)c1ccc(O)cc1Cl. The molecule has 1 rings (SSSR count). The van der Waals surface area contributed by atoms with E-state index in [-0.39, 0.29) is 11.2 Å². The zero-order chi connectivity index (χ0) is 10.8. The van der Waals surface area contributed by atoms with Crippen LogP contribution in [0.3, 0.4) is 0 Å². The van der Waals surface area contributed by atoms with Gasteiger partial charge in [0, 0.05) is 5.02 Å². The lowest BCUT2D eigenvalue weighted by molar-refractivity contribution is 0.469. The third-order valence-corrected chi connectivity index (χ3v) is 2.76. The van der Waals surface area contributed by atoms with Crippen molar-refractivity contribution in [3.8, 4) is 5.75 Å². The van der Waals surface area contributed by atoms with Crippen LogP contribution in [-0.4, -0.2) is 11.7 Å². The smallest absolute Gasteiger partial charge is 0.117 e. The van der Waals surface area contributed by atoms with Crippen molar-refractivity contribution in [3.63, 3.8) is 0 Å². The molecule has 2 nitrogen and oxygen atoms in total. The topological polar surface area (TPSA) is 46.2 Å². The van der Waals surface area contributed by atoms with Gasteiger partial charge in [-0.05, 0) is 36.1 Å². The Balaban J connectivity index is 3.06. The van der Waals surface area contributed by atoms with Gasteiger partial charge in [0.1, 0.15) is 5.75 Å². The van der Waals surface area contributed by atoms with Crippen molar-refractivity contribution >= 4 is 11.6 Å². The number of nitrogens with two attached hydrogens (primary N) is 1. The molecule has 3 heteroatoms. The third-order valence-electron chi connectivity index (χ3n) is 2.45. The zero-order valence-corrected chi connectivity index (χ0v) is 9.30. The van der Waals surface area contributed by atoms with Crippen LogP contribution in [0.1, 0.15) is 25.8 Å². The largest absolute Gasteiger partial charge is 0.508 e. The molecule has 3 N–H and O–H groups in total. The van der Waals surface area contributed by atoms with Crippen LogP contribution < -0.4 is 5.73 Å².